The minimum atomic E-state index is 0.266. The third kappa shape index (κ3) is 1.94. The van der Waals surface area contributed by atoms with Crippen molar-refractivity contribution in [1.82, 2.24) is 19.6 Å². The molecule has 4 aromatic rings. The van der Waals surface area contributed by atoms with E-state index < -0.39 is 0 Å². The van der Waals surface area contributed by atoms with Crippen molar-refractivity contribution in [1.29, 1.82) is 0 Å². The molecule has 0 unspecified atom stereocenters. The number of thiophene rings is 1. The lowest BCUT2D eigenvalue weighted by Gasteiger charge is -2.10. The summed E-state index contributed by atoms with van der Waals surface area (Å²) in [4.78, 5) is 12.3. The lowest BCUT2D eigenvalue weighted by Crippen LogP contribution is -2.01. The lowest BCUT2D eigenvalue weighted by molar-refractivity contribution is 0.174. The van der Waals surface area contributed by atoms with Gasteiger partial charge in [0.25, 0.3) is 0 Å². The summed E-state index contributed by atoms with van der Waals surface area (Å²) in [7, 11) is 0. The van der Waals surface area contributed by atoms with Gasteiger partial charge in [-0.3, -0.25) is 0 Å². The number of nitrogens with zero attached hydrogens (tertiary/aromatic N) is 4. The molecule has 0 fully saturated rings. The fourth-order valence-corrected chi connectivity index (χ4v) is 5.21. The second-order valence-corrected chi connectivity index (χ2v) is 7.87. The molecular weight excluding hydrogens is 348 g/mol. The molecule has 26 heavy (non-hydrogen) atoms. The van der Waals surface area contributed by atoms with Gasteiger partial charge in [0.15, 0.2) is 23.0 Å². The first kappa shape index (κ1) is 14.5. The molecule has 6 rings (SSSR count). The molecule has 1 aliphatic carbocycles. The largest absolute Gasteiger partial charge is 0.454 e. The highest BCUT2D eigenvalue weighted by molar-refractivity contribution is 7.19. The molecule has 4 heterocycles. The molecular formula is C19H16N4O2S. The fraction of sp³-hybridized carbons (Fsp3) is 0.316. The second kappa shape index (κ2) is 5.17. The molecule has 0 radical (unpaired) electrons. The third-order valence-electron chi connectivity index (χ3n) is 5.18. The molecule has 7 heteroatoms. The topological polar surface area (TPSA) is 61.5 Å². The van der Waals surface area contributed by atoms with Gasteiger partial charge < -0.3 is 9.47 Å². The van der Waals surface area contributed by atoms with Crippen LogP contribution in [0.3, 0.4) is 0 Å². The number of ether oxygens (including phenoxy) is 2. The van der Waals surface area contributed by atoms with E-state index in [0.717, 1.165) is 46.2 Å². The molecule has 130 valence electrons. The van der Waals surface area contributed by atoms with Crippen LogP contribution in [0, 0.1) is 6.92 Å². The van der Waals surface area contributed by atoms with E-state index in [4.69, 9.17) is 24.5 Å². The second-order valence-electron chi connectivity index (χ2n) is 6.79. The smallest absolute Gasteiger partial charge is 0.231 e. The Hall–Kier alpha value is -2.67. The number of fused-ring (bicyclic) bond motifs is 6. The average Bonchev–Trinajstić information content (AvgIpc) is 3.36. The van der Waals surface area contributed by atoms with Crippen LogP contribution in [-0.4, -0.2) is 26.4 Å². The van der Waals surface area contributed by atoms with Gasteiger partial charge in [0.05, 0.1) is 5.39 Å². The van der Waals surface area contributed by atoms with E-state index in [9.17, 15) is 0 Å². The van der Waals surface area contributed by atoms with Crippen LogP contribution < -0.4 is 9.47 Å². The minimum Gasteiger partial charge on any atom is -0.454 e. The predicted octanol–water partition coefficient (Wildman–Crippen LogP) is 3.92. The van der Waals surface area contributed by atoms with Crippen LogP contribution in [0.15, 0.2) is 18.2 Å². The molecule has 0 bridgehead atoms. The first-order valence-corrected chi connectivity index (χ1v) is 9.67. The molecule has 0 atom stereocenters. The van der Waals surface area contributed by atoms with Crippen molar-refractivity contribution in [3.8, 4) is 22.9 Å². The Kier molecular flexibility index (Phi) is 2.88. The van der Waals surface area contributed by atoms with Crippen molar-refractivity contribution in [2.75, 3.05) is 6.79 Å². The maximum Gasteiger partial charge on any atom is 0.231 e. The highest BCUT2D eigenvalue weighted by Gasteiger charge is 2.23. The Morgan fingerprint density at radius 2 is 1.96 bits per heavy atom. The van der Waals surface area contributed by atoms with E-state index in [2.05, 4.69) is 0 Å². The van der Waals surface area contributed by atoms with Gasteiger partial charge in [0, 0.05) is 10.4 Å². The van der Waals surface area contributed by atoms with Crippen molar-refractivity contribution in [2.24, 2.45) is 0 Å². The van der Waals surface area contributed by atoms with Crippen molar-refractivity contribution in [3.63, 3.8) is 0 Å². The van der Waals surface area contributed by atoms with E-state index in [1.807, 2.05) is 41.0 Å². The van der Waals surface area contributed by atoms with Crippen LogP contribution >= 0.6 is 11.3 Å². The first-order valence-electron chi connectivity index (χ1n) is 8.85. The van der Waals surface area contributed by atoms with E-state index >= 15 is 0 Å². The van der Waals surface area contributed by atoms with Gasteiger partial charge >= 0.3 is 0 Å². The zero-order valence-corrected chi connectivity index (χ0v) is 15.1. The molecule has 0 N–H and O–H groups in total. The Morgan fingerprint density at radius 1 is 1.08 bits per heavy atom. The summed E-state index contributed by atoms with van der Waals surface area (Å²) in [5.41, 5.74) is 3.27. The lowest BCUT2D eigenvalue weighted by atomic mass is 9.97. The Labute approximate surface area is 153 Å². The molecule has 1 aliphatic heterocycles. The molecule has 3 aromatic heterocycles. The standard InChI is InChI=1S/C19H16N4O2S/c1-10-20-19-16(12-4-2-3-5-15(12)26-19)18-21-17(22-23(10)18)11-6-7-13-14(8-11)25-9-24-13/h6-8H,2-5,9H2,1H3. The quantitative estimate of drug-likeness (QED) is 0.512. The van der Waals surface area contributed by atoms with Crippen molar-refractivity contribution in [3.05, 3.63) is 34.5 Å². The number of hydrogen-bond donors (Lipinski definition) is 0. The summed E-state index contributed by atoms with van der Waals surface area (Å²) in [6, 6.07) is 5.84. The highest BCUT2D eigenvalue weighted by atomic mass is 32.1. The van der Waals surface area contributed by atoms with Gasteiger partial charge in [-0.2, -0.15) is 4.52 Å². The Morgan fingerprint density at radius 3 is 2.92 bits per heavy atom. The van der Waals surface area contributed by atoms with Crippen LogP contribution in [0.25, 0.3) is 27.3 Å². The van der Waals surface area contributed by atoms with E-state index in [0.29, 0.717) is 5.82 Å². The SMILES string of the molecule is Cc1nc2sc3c(c2c2nc(-c4ccc5c(c4)OCO5)nn12)CCCC3. The van der Waals surface area contributed by atoms with Crippen LogP contribution in [0.2, 0.25) is 0 Å². The number of benzene rings is 1. The van der Waals surface area contributed by atoms with Crippen LogP contribution in [0.4, 0.5) is 0 Å². The molecule has 0 spiro atoms. The first-order chi connectivity index (χ1) is 12.8. The van der Waals surface area contributed by atoms with E-state index in [1.165, 1.54) is 28.7 Å². The normalized spacial score (nSPS) is 15.7. The number of aryl methyl sites for hydroxylation is 3. The number of aromatic nitrogens is 4. The van der Waals surface area contributed by atoms with Gasteiger partial charge in [-0.1, -0.05) is 0 Å². The van der Waals surface area contributed by atoms with Gasteiger partial charge in [-0.15, -0.1) is 16.4 Å². The van der Waals surface area contributed by atoms with Crippen LogP contribution in [0.5, 0.6) is 11.5 Å². The molecule has 0 saturated carbocycles. The molecule has 0 amide bonds. The fourth-order valence-electron chi connectivity index (χ4n) is 3.91. The summed E-state index contributed by atoms with van der Waals surface area (Å²) in [6.45, 7) is 2.26. The van der Waals surface area contributed by atoms with E-state index in [-0.39, 0.29) is 6.79 Å². The van der Waals surface area contributed by atoms with Crippen molar-refractivity contribution >= 4 is 27.2 Å². The number of hydrogen-bond acceptors (Lipinski definition) is 6. The van der Waals surface area contributed by atoms with Crippen molar-refractivity contribution < 1.29 is 9.47 Å². The average molecular weight is 364 g/mol. The maximum absolute atomic E-state index is 5.50. The summed E-state index contributed by atoms with van der Waals surface area (Å²) in [5, 5.41) is 5.93. The van der Waals surface area contributed by atoms with Gasteiger partial charge in [-0.25, -0.2) is 9.97 Å². The zero-order valence-electron chi connectivity index (χ0n) is 14.3. The van der Waals surface area contributed by atoms with Gasteiger partial charge in [0.1, 0.15) is 10.7 Å². The summed E-state index contributed by atoms with van der Waals surface area (Å²) >= 11 is 1.82. The molecule has 0 saturated heterocycles. The zero-order chi connectivity index (χ0) is 17.3. The predicted molar refractivity (Wildman–Crippen MR) is 99.1 cm³/mol. The summed E-state index contributed by atoms with van der Waals surface area (Å²) in [6.07, 6.45) is 4.78. The number of rotatable bonds is 1. The highest BCUT2D eigenvalue weighted by Crippen LogP contribution is 2.39. The van der Waals surface area contributed by atoms with Crippen molar-refractivity contribution in [2.45, 2.75) is 32.6 Å². The maximum atomic E-state index is 5.50. The Balaban J connectivity index is 1.61. The van der Waals surface area contributed by atoms with Gasteiger partial charge in [0.2, 0.25) is 6.79 Å². The van der Waals surface area contributed by atoms with Crippen LogP contribution in [-0.2, 0) is 12.8 Å². The van der Waals surface area contributed by atoms with Gasteiger partial charge in [-0.05, 0) is 56.4 Å². The Bertz CT molecular complexity index is 1190. The third-order valence-corrected chi connectivity index (χ3v) is 6.37. The molecule has 6 nitrogen and oxygen atoms in total. The minimum absolute atomic E-state index is 0.266. The van der Waals surface area contributed by atoms with E-state index in [1.54, 1.807) is 0 Å². The molecule has 1 aromatic carbocycles. The monoisotopic (exact) mass is 364 g/mol. The summed E-state index contributed by atoms with van der Waals surface area (Å²) in [5.74, 6) is 3.07. The summed E-state index contributed by atoms with van der Waals surface area (Å²) < 4.78 is 12.8. The molecule has 2 aliphatic rings. The van der Waals surface area contributed by atoms with Crippen LogP contribution in [0.1, 0.15) is 29.1 Å².